The van der Waals surface area contributed by atoms with Crippen molar-refractivity contribution < 1.29 is 0 Å². The molecule has 0 N–H and O–H groups in total. The Kier molecular flexibility index (Phi) is 4.62. The molecule has 0 saturated carbocycles. The van der Waals surface area contributed by atoms with E-state index in [-0.39, 0.29) is 0 Å². The van der Waals surface area contributed by atoms with Crippen LogP contribution < -0.4 is 0 Å². The number of rotatable bonds is 2. The maximum Gasteiger partial charge on any atom is 0.0900 e. The molecule has 5 heavy (non-hydrogen) atoms. The first-order chi connectivity index (χ1) is 2.41. The van der Waals surface area contributed by atoms with Crippen LogP contribution in [0.5, 0.6) is 0 Å². The van der Waals surface area contributed by atoms with Crippen LogP contribution in [0.3, 0.4) is 0 Å². The van der Waals surface area contributed by atoms with Gasteiger partial charge >= 0.3 is 0 Å². The van der Waals surface area contributed by atoms with E-state index in [0.717, 1.165) is 4.43 Å². The maximum atomic E-state index is 9.15. The van der Waals surface area contributed by atoms with E-state index < -0.39 is 0 Å². The van der Waals surface area contributed by atoms with Gasteiger partial charge < -0.3 is 0 Å². The minimum atomic E-state index is 0.445. The topological polar surface area (TPSA) is 29.4 Å². The van der Waals surface area contributed by atoms with Crippen LogP contribution in [0.15, 0.2) is 5.18 Å². The fourth-order valence-electron chi connectivity index (χ4n) is 0.0345. The number of hydrogen-bond acceptors (Lipinski definition) is 2. The van der Waals surface area contributed by atoms with Crippen molar-refractivity contribution in [2.75, 3.05) is 11.0 Å². The van der Waals surface area contributed by atoms with Crippen LogP contribution in [0.25, 0.3) is 0 Å². The van der Waals surface area contributed by atoms with Crippen molar-refractivity contribution in [3.8, 4) is 0 Å². The number of halogens is 1. The van der Waals surface area contributed by atoms with Crippen LogP contribution in [-0.2, 0) is 0 Å². The molecule has 30 valence electrons. The third kappa shape index (κ3) is 4.33. The highest BCUT2D eigenvalue weighted by atomic mass is 127. The van der Waals surface area contributed by atoms with Crippen molar-refractivity contribution in [3.05, 3.63) is 4.91 Å². The average molecular weight is 185 g/mol. The summed E-state index contributed by atoms with van der Waals surface area (Å²) in [6.45, 7) is 0.445. The molecule has 0 aromatic carbocycles. The molecule has 0 aromatic heterocycles. The van der Waals surface area contributed by atoms with Crippen LogP contribution in [0, 0.1) is 4.91 Å². The second-order valence-corrected chi connectivity index (χ2v) is 1.62. The van der Waals surface area contributed by atoms with E-state index in [4.69, 9.17) is 4.91 Å². The predicted molar refractivity (Wildman–Crippen MR) is 29.5 cm³/mol. The molecule has 0 aliphatic carbocycles. The number of nitrogens with zero attached hydrogens (tertiary/aromatic N) is 1. The van der Waals surface area contributed by atoms with Gasteiger partial charge in [-0.3, -0.25) is 0 Å². The zero-order valence-electron chi connectivity index (χ0n) is 2.65. The molecular weight excluding hydrogens is 181 g/mol. The van der Waals surface area contributed by atoms with E-state index >= 15 is 0 Å². The Balaban J connectivity index is 2.40. The normalized spacial score (nSPS) is 7.40. The van der Waals surface area contributed by atoms with Crippen molar-refractivity contribution in [1.29, 1.82) is 0 Å². The van der Waals surface area contributed by atoms with Gasteiger partial charge in [-0.05, 0) is 0 Å². The lowest BCUT2D eigenvalue weighted by Gasteiger charge is -1.66. The van der Waals surface area contributed by atoms with Gasteiger partial charge in [0.05, 0.1) is 6.54 Å². The molecule has 0 radical (unpaired) electrons. The van der Waals surface area contributed by atoms with E-state index in [0.29, 0.717) is 6.54 Å². The smallest absolute Gasteiger partial charge is 0.0900 e. The SMILES string of the molecule is O=NCCI. The van der Waals surface area contributed by atoms with Gasteiger partial charge in [-0.1, -0.05) is 27.8 Å². The first kappa shape index (κ1) is 5.33. The zero-order valence-corrected chi connectivity index (χ0v) is 4.81. The Labute approximate surface area is 44.1 Å². The molecule has 2 nitrogen and oxygen atoms in total. The second-order valence-electron chi connectivity index (χ2n) is 0.542. The quantitative estimate of drug-likeness (QED) is 0.361. The molecule has 0 aromatic rings. The van der Waals surface area contributed by atoms with Gasteiger partial charge in [0, 0.05) is 4.43 Å². The third-order valence-corrected chi connectivity index (χ3v) is 0.658. The molecule has 0 atom stereocenters. The van der Waals surface area contributed by atoms with Crippen LogP contribution in [0.4, 0.5) is 0 Å². The van der Waals surface area contributed by atoms with Gasteiger partial charge in [0.25, 0.3) is 0 Å². The summed E-state index contributed by atoms with van der Waals surface area (Å²) in [5, 5.41) is 2.60. The van der Waals surface area contributed by atoms with Crippen LogP contribution in [0.2, 0.25) is 0 Å². The summed E-state index contributed by atoms with van der Waals surface area (Å²) >= 11 is 2.09. The van der Waals surface area contributed by atoms with E-state index in [9.17, 15) is 0 Å². The minimum absolute atomic E-state index is 0.445. The monoisotopic (exact) mass is 185 g/mol. The van der Waals surface area contributed by atoms with Crippen molar-refractivity contribution >= 4 is 22.6 Å². The van der Waals surface area contributed by atoms with Gasteiger partial charge in [0.15, 0.2) is 0 Å². The van der Waals surface area contributed by atoms with Crippen molar-refractivity contribution in [2.45, 2.75) is 0 Å². The van der Waals surface area contributed by atoms with E-state index in [1.54, 1.807) is 0 Å². The Hall–Kier alpha value is 0.330. The Morgan fingerprint density at radius 2 is 2.40 bits per heavy atom. The summed E-state index contributed by atoms with van der Waals surface area (Å²) in [5.41, 5.74) is 0. The van der Waals surface area contributed by atoms with Gasteiger partial charge in [0.1, 0.15) is 0 Å². The van der Waals surface area contributed by atoms with Crippen molar-refractivity contribution in [2.24, 2.45) is 5.18 Å². The standard InChI is InChI=1S/C2H4INO/c3-1-2-4-5/h1-2H2. The first-order valence-corrected chi connectivity index (χ1v) is 2.79. The third-order valence-electron chi connectivity index (χ3n) is 0.176. The average Bonchev–Trinajstić information content (AvgIpc) is 1.41. The van der Waals surface area contributed by atoms with Gasteiger partial charge in [-0.15, -0.1) is 0 Å². The molecule has 0 rings (SSSR count). The molecule has 0 spiro atoms. The fourth-order valence-corrected chi connectivity index (χ4v) is 0.231. The van der Waals surface area contributed by atoms with E-state index in [1.165, 1.54) is 0 Å². The van der Waals surface area contributed by atoms with Crippen molar-refractivity contribution in [1.82, 2.24) is 0 Å². The highest BCUT2D eigenvalue weighted by Gasteiger charge is 1.68. The van der Waals surface area contributed by atoms with E-state index in [2.05, 4.69) is 27.8 Å². The summed E-state index contributed by atoms with van der Waals surface area (Å²) < 4.78 is 0.835. The molecule has 0 amide bonds. The predicted octanol–water partition coefficient (Wildman–Crippen LogP) is 1.19. The molecule has 0 unspecified atom stereocenters. The van der Waals surface area contributed by atoms with E-state index in [1.807, 2.05) is 0 Å². The lowest BCUT2D eigenvalue weighted by atomic mass is 10.8. The van der Waals surface area contributed by atoms with Gasteiger partial charge in [-0.25, -0.2) is 0 Å². The Morgan fingerprint density at radius 3 is 2.40 bits per heavy atom. The molecule has 0 aliphatic heterocycles. The number of nitroso groups, excluding NO2 is 1. The molecule has 0 aliphatic rings. The second kappa shape index (κ2) is 4.33. The van der Waals surface area contributed by atoms with Gasteiger partial charge in [0.2, 0.25) is 0 Å². The maximum absolute atomic E-state index is 9.15. The summed E-state index contributed by atoms with van der Waals surface area (Å²) in [5.74, 6) is 0. The van der Waals surface area contributed by atoms with Gasteiger partial charge in [-0.2, -0.15) is 4.91 Å². The van der Waals surface area contributed by atoms with Crippen LogP contribution in [-0.4, -0.2) is 11.0 Å². The Bertz CT molecular complexity index is 30.8. The van der Waals surface area contributed by atoms with Crippen LogP contribution in [0.1, 0.15) is 0 Å². The highest BCUT2D eigenvalue weighted by molar-refractivity contribution is 14.1. The number of hydrogen-bond donors (Lipinski definition) is 0. The fraction of sp³-hybridized carbons (Fsp3) is 1.00. The lowest BCUT2D eigenvalue weighted by Crippen LogP contribution is -1.71. The van der Waals surface area contributed by atoms with Crippen LogP contribution >= 0.6 is 22.6 Å². The molecule has 0 bridgehead atoms. The van der Waals surface area contributed by atoms with Crippen molar-refractivity contribution in [3.63, 3.8) is 0 Å². The highest BCUT2D eigenvalue weighted by Crippen LogP contribution is 1.77. The minimum Gasteiger partial charge on any atom is -0.151 e. The zero-order chi connectivity index (χ0) is 4.12. The summed E-state index contributed by atoms with van der Waals surface area (Å²) in [7, 11) is 0. The molecule has 0 heterocycles. The number of alkyl halides is 1. The molecule has 0 fully saturated rings. The largest absolute Gasteiger partial charge is 0.151 e. The molecule has 3 heteroatoms. The summed E-state index contributed by atoms with van der Waals surface area (Å²) in [6.07, 6.45) is 0. The Morgan fingerprint density at radius 1 is 1.80 bits per heavy atom. The molecule has 0 saturated heterocycles. The summed E-state index contributed by atoms with van der Waals surface area (Å²) in [6, 6.07) is 0. The first-order valence-electron chi connectivity index (χ1n) is 1.27. The lowest BCUT2D eigenvalue weighted by molar-refractivity contribution is 1.15. The molecular formula is C2H4INO. The summed E-state index contributed by atoms with van der Waals surface area (Å²) in [4.78, 5) is 9.15.